The standard InChI is InChI=1S/C15H22N4O/c1-12(2)9-19-15(17-11-18-19)10-20-14-5-3-13(4-6-14)7-8-16/h3-6,11-12H,7-10,16H2,1-2H3. The zero-order chi connectivity index (χ0) is 14.4. The van der Waals surface area contributed by atoms with Gasteiger partial charge in [-0.3, -0.25) is 0 Å². The van der Waals surface area contributed by atoms with Gasteiger partial charge in [0.25, 0.3) is 0 Å². The first-order chi connectivity index (χ1) is 9.69. The molecular formula is C15H22N4O. The second-order valence-electron chi connectivity index (χ2n) is 5.22. The van der Waals surface area contributed by atoms with Crippen LogP contribution in [0.1, 0.15) is 25.2 Å². The lowest BCUT2D eigenvalue weighted by Gasteiger charge is -2.10. The second-order valence-corrected chi connectivity index (χ2v) is 5.22. The van der Waals surface area contributed by atoms with Crippen LogP contribution in [0.5, 0.6) is 5.75 Å². The quantitative estimate of drug-likeness (QED) is 0.838. The Morgan fingerprint density at radius 2 is 2.00 bits per heavy atom. The molecule has 1 aromatic heterocycles. The van der Waals surface area contributed by atoms with Crippen LogP contribution in [-0.4, -0.2) is 21.3 Å². The highest BCUT2D eigenvalue weighted by Gasteiger charge is 2.07. The Kier molecular flexibility index (Phi) is 5.12. The molecule has 1 heterocycles. The van der Waals surface area contributed by atoms with Crippen LogP contribution < -0.4 is 10.5 Å². The van der Waals surface area contributed by atoms with Gasteiger partial charge in [-0.05, 0) is 36.6 Å². The first-order valence-electron chi connectivity index (χ1n) is 6.97. The van der Waals surface area contributed by atoms with E-state index in [0.717, 1.165) is 24.5 Å². The average Bonchev–Trinajstić information content (AvgIpc) is 2.85. The summed E-state index contributed by atoms with van der Waals surface area (Å²) in [4.78, 5) is 4.24. The van der Waals surface area contributed by atoms with E-state index in [1.54, 1.807) is 6.33 Å². The molecule has 0 saturated heterocycles. The fourth-order valence-corrected chi connectivity index (χ4v) is 1.97. The van der Waals surface area contributed by atoms with Crippen LogP contribution in [0.2, 0.25) is 0 Å². The Morgan fingerprint density at radius 1 is 1.25 bits per heavy atom. The molecular weight excluding hydrogens is 252 g/mol. The van der Waals surface area contributed by atoms with Crippen LogP contribution in [0.25, 0.3) is 0 Å². The molecule has 5 nitrogen and oxygen atoms in total. The lowest BCUT2D eigenvalue weighted by molar-refractivity contribution is 0.282. The monoisotopic (exact) mass is 274 g/mol. The molecule has 0 aliphatic carbocycles. The van der Waals surface area contributed by atoms with E-state index in [2.05, 4.69) is 23.9 Å². The summed E-state index contributed by atoms with van der Waals surface area (Å²) in [6, 6.07) is 8.02. The minimum atomic E-state index is 0.433. The fraction of sp³-hybridized carbons (Fsp3) is 0.467. The average molecular weight is 274 g/mol. The summed E-state index contributed by atoms with van der Waals surface area (Å²) in [5.41, 5.74) is 6.75. The third-order valence-corrected chi connectivity index (χ3v) is 2.96. The molecule has 0 spiro atoms. The number of benzene rings is 1. The Morgan fingerprint density at radius 3 is 2.65 bits per heavy atom. The van der Waals surface area contributed by atoms with E-state index in [1.807, 2.05) is 28.9 Å². The maximum absolute atomic E-state index is 5.75. The highest BCUT2D eigenvalue weighted by atomic mass is 16.5. The highest BCUT2D eigenvalue weighted by Crippen LogP contribution is 2.14. The van der Waals surface area contributed by atoms with Crippen molar-refractivity contribution in [2.45, 2.75) is 33.4 Å². The van der Waals surface area contributed by atoms with Crippen LogP contribution in [0.15, 0.2) is 30.6 Å². The predicted octanol–water partition coefficient (Wildman–Crippen LogP) is 2.01. The van der Waals surface area contributed by atoms with Crippen LogP contribution >= 0.6 is 0 Å². The molecule has 0 saturated carbocycles. The maximum atomic E-state index is 5.75. The number of aromatic nitrogens is 3. The molecule has 108 valence electrons. The van der Waals surface area contributed by atoms with Crippen LogP contribution in [0.4, 0.5) is 0 Å². The Labute approximate surface area is 119 Å². The number of nitrogens with zero attached hydrogens (tertiary/aromatic N) is 3. The molecule has 1 aromatic carbocycles. The van der Waals surface area contributed by atoms with Gasteiger partial charge in [0.05, 0.1) is 0 Å². The minimum Gasteiger partial charge on any atom is -0.486 e. The van der Waals surface area contributed by atoms with Gasteiger partial charge in [0.1, 0.15) is 18.7 Å². The van der Waals surface area contributed by atoms with Gasteiger partial charge < -0.3 is 10.5 Å². The van der Waals surface area contributed by atoms with E-state index in [0.29, 0.717) is 19.1 Å². The van der Waals surface area contributed by atoms with Crippen molar-refractivity contribution in [3.63, 3.8) is 0 Å². The van der Waals surface area contributed by atoms with Gasteiger partial charge in [0, 0.05) is 6.54 Å². The molecule has 2 N–H and O–H groups in total. The lowest BCUT2D eigenvalue weighted by Crippen LogP contribution is -2.12. The van der Waals surface area contributed by atoms with Crippen molar-refractivity contribution in [3.8, 4) is 5.75 Å². The van der Waals surface area contributed by atoms with Crippen LogP contribution in [0.3, 0.4) is 0 Å². The van der Waals surface area contributed by atoms with Crippen LogP contribution in [-0.2, 0) is 19.6 Å². The molecule has 20 heavy (non-hydrogen) atoms. The molecule has 5 heteroatoms. The second kappa shape index (κ2) is 7.05. The van der Waals surface area contributed by atoms with Crippen molar-refractivity contribution in [3.05, 3.63) is 42.0 Å². The topological polar surface area (TPSA) is 66.0 Å². The molecule has 0 radical (unpaired) electrons. The molecule has 0 amide bonds. The Balaban J connectivity index is 1.93. The summed E-state index contributed by atoms with van der Waals surface area (Å²) in [6.07, 6.45) is 2.47. The van der Waals surface area contributed by atoms with Crippen molar-refractivity contribution in [2.75, 3.05) is 6.54 Å². The molecule has 0 bridgehead atoms. The van der Waals surface area contributed by atoms with E-state index < -0.39 is 0 Å². The number of hydrogen-bond acceptors (Lipinski definition) is 4. The number of ether oxygens (including phenoxy) is 1. The van der Waals surface area contributed by atoms with E-state index >= 15 is 0 Å². The first kappa shape index (κ1) is 14.5. The van der Waals surface area contributed by atoms with Gasteiger partial charge in [0.2, 0.25) is 0 Å². The zero-order valence-electron chi connectivity index (χ0n) is 12.1. The number of nitrogens with two attached hydrogens (primary N) is 1. The highest BCUT2D eigenvalue weighted by molar-refractivity contribution is 5.27. The number of hydrogen-bond donors (Lipinski definition) is 1. The summed E-state index contributed by atoms with van der Waals surface area (Å²) in [7, 11) is 0. The minimum absolute atomic E-state index is 0.433. The largest absolute Gasteiger partial charge is 0.486 e. The smallest absolute Gasteiger partial charge is 0.164 e. The van der Waals surface area contributed by atoms with Crippen molar-refractivity contribution >= 4 is 0 Å². The fourth-order valence-electron chi connectivity index (χ4n) is 1.97. The number of rotatable bonds is 7. The van der Waals surface area contributed by atoms with Crippen molar-refractivity contribution in [2.24, 2.45) is 11.7 Å². The van der Waals surface area contributed by atoms with E-state index in [4.69, 9.17) is 10.5 Å². The molecule has 0 aliphatic heterocycles. The summed E-state index contributed by atoms with van der Waals surface area (Å²) >= 11 is 0. The maximum Gasteiger partial charge on any atom is 0.164 e. The van der Waals surface area contributed by atoms with Crippen LogP contribution in [0, 0.1) is 5.92 Å². The van der Waals surface area contributed by atoms with Crippen molar-refractivity contribution < 1.29 is 4.74 Å². The normalized spacial score (nSPS) is 11.0. The van der Waals surface area contributed by atoms with Gasteiger partial charge in [-0.1, -0.05) is 26.0 Å². The van der Waals surface area contributed by atoms with Crippen molar-refractivity contribution in [1.82, 2.24) is 14.8 Å². The predicted molar refractivity (Wildman–Crippen MR) is 78.4 cm³/mol. The molecule has 2 aromatic rings. The molecule has 0 unspecified atom stereocenters. The molecule has 2 rings (SSSR count). The van der Waals surface area contributed by atoms with Gasteiger partial charge >= 0.3 is 0 Å². The Bertz CT molecular complexity index is 519. The summed E-state index contributed by atoms with van der Waals surface area (Å²) in [5, 5.41) is 4.22. The van der Waals surface area contributed by atoms with E-state index in [-0.39, 0.29) is 0 Å². The zero-order valence-corrected chi connectivity index (χ0v) is 12.1. The van der Waals surface area contributed by atoms with Gasteiger partial charge in [0.15, 0.2) is 5.82 Å². The van der Waals surface area contributed by atoms with Crippen molar-refractivity contribution in [1.29, 1.82) is 0 Å². The summed E-state index contributed by atoms with van der Waals surface area (Å²) in [6.45, 7) is 6.26. The first-order valence-corrected chi connectivity index (χ1v) is 6.97. The molecule has 0 atom stereocenters. The third-order valence-electron chi connectivity index (χ3n) is 2.96. The molecule has 0 fully saturated rings. The van der Waals surface area contributed by atoms with Gasteiger partial charge in [-0.25, -0.2) is 9.67 Å². The summed E-state index contributed by atoms with van der Waals surface area (Å²) in [5.74, 6) is 2.22. The SMILES string of the molecule is CC(C)Cn1ncnc1COc1ccc(CCN)cc1. The van der Waals surface area contributed by atoms with Gasteiger partial charge in [-0.2, -0.15) is 5.10 Å². The van der Waals surface area contributed by atoms with E-state index in [9.17, 15) is 0 Å². The third kappa shape index (κ3) is 4.06. The van der Waals surface area contributed by atoms with E-state index in [1.165, 1.54) is 5.56 Å². The van der Waals surface area contributed by atoms with Gasteiger partial charge in [-0.15, -0.1) is 0 Å². The Hall–Kier alpha value is -1.88. The molecule has 0 aliphatic rings. The summed E-state index contributed by atoms with van der Waals surface area (Å²) < 4.78 is 7.65. The lowest BCUT2D eigenvalue weighted by atomic mass is 10.1.